The molecule has 0 saturated carbocycles. The van der Waals surface area contributed by atoms with Gasteiger partial charge in [0.1, 0.15) is 12.4 Å². The summed E-state index contributed by atoms with van der Waals surface area (Å²) in [5.74, 6) is -0.356. The van der Waals surface area contributed by atoms with Crippen LogP contribution in [0.4, 0.5) is 14.9 Å². The number of hydrogen-bond acceptors (Lipinski definition) is 3. The Balaban J connectivity index is 2.33. The first-order valence-electron chi connectivity index (χ1n) is 5.40. The van der Waals surface area contributed by atoms with Crippen molar-refractivity contribution in [1.82, 2.24) is 0 Å². The Morgan fingerprint density at radius 3 is 2.71 bits per heavy atom. The summed E-state index contributed by atoms with van der Waals surface area (Å²) in [5, 5.41) is 9.03. The molecule has 1 aromatic rings. The van der Waals surface area contributed by atoms with Gasteiger partial charge >= 0.3 is 6.09 Å². The van der Waals surface area contributed by atoms with Crippen molar-refractivity contribution in [3.05, 3.63) is 30.1 Å². The molecule has 1 saturated heterocycles. The molecule has 1 aliphatic rings. The molecule has 1 N–H and O–H groups in total. The molecular weight excluding hydrogens is 225 g/mol. The quantitative estimate of drug-likeness (QED) is 0.876. The topological polar surface area (TPSA) is 49.8 Å². The van der Waals surface area contributed by atoms with Gasteiger partial charge in [-0.05, 0) is 37.6 Å². The van der Waals surface area contributed by atoms with Crippen LogP contribution < -0.4 is 4.90 Å². The first kappa shape index (κ1) is 11.9. The number of aliphatic hydroxyl groups is 1. The molecule has 1 atom stereocenters. The zero-order valence-electron chi connectivity index (χ0n) is 9.52. The summed E-state index contributed by atoms with van der Waals surface area (Å²) >= 11 is 0. The van der Waals surface area contributed by atoms with E-state index in [0.717, 1.165) is 0 Å². The summed E-state index contributed by atoms with van der Waals surface area (Å²) in [6.07, 6.45) is -0.0524. The van der Waals surface area contributed by atoms with Gasteiger partial charge in [0.15, 0.2) is 0 Å². The molecule has 5 heteroatoms. The Morgan fingerprint density at radius 2 is 2.12 bits per heavy atom. The maximum absolute atomic E-state index is 12.8. The second kappa shape index (κ2) is 4.33. The highest BCUT2D eigenvalue weighted by Gasteiger charge is 2.44. The summed E-state index contributed by atoms with van der Waals surface area (Å²) in [6, 6.07) is 5.63. The largest absolute Gasteiger partial charge is 0.447 e. The van der Waals surface area contributed by atoms with Crippen LogP contribution in [0.2, 0.25) is 0 Å². The van der Waals surface area contributed by atoms with E-state index in [1.807, 2.05) is 6.92 Å². The van der Waals surface area contributed by atoms with Crippen LogP contribution >= 0.6 is 0 Å². The molecule has 1 aromatic carbocycles. The molecule has 0 aromatic heterocycles. The Morgan fingerprint density at radius 1 is 1.47 bits per heavy atom. The van der Waals surface area contributed by atoms with Gasteiger partial charge < -0.3 is 9.84 Å². The van der Waals surface area contributed by atoms with Crippen LogP contribution in [0.3, 0.4) is 0 Å². The molecule has 17 heavy (non-hydrogen) atoms. The number of amides is 1. The van der Waals surface area contributed by atoms with E-state index < -0.39 is 11.6 Å². The third kappa shape index (κ3) is 2.10. The molecule has 92 valence electrons. The van der Waals surface area contributed by atoms with Crippen molar-refractivity contribution in [2.75, 3.05) is 18.1 Å². The molecule has 0 spiro atoms. The first-order valence-corrected chi connectivity index (χ1v) is 5.40. The predicted octanol–water partition coefficient (Wildman–Crippen LogP) is 1.92. The van der Waals surface area contributed by atoms with Crippen molar-refractivity contribution >= 4 is 11.8 Å². The number of halogens is 1. The number of benzene rings is 1. The molecule has 4 nitrogen and oxygen atoms in total. The minimum Gasteiger partial charge on any atom is -0.447 e. The number of anilines is 1. The lowest BCUT2D eigenvalue weighted by Crippen LogP contribution is -2.45. The van der Waals surface area contributed by atoms with E-state index >= 15 is 0 Å². The molecule has 0 bridgehead atoms. The number of carbonyl (C=O) groups is 1. The second-order valence-electron chi connectivity index (χ2n) is 4.34. The monoisotopic (exact) mass is 239 g/mol. The van der Waals surface area contributed by atoms with Crippen LogP contribution in [0.1, 0.15) is 13.3 Å². The molecule has 1 amide bonds. The van der Waals surface area contributed by atoms with E-state index in [4.69, 9.17) is 9.84 Å². The fourth-order valence-electron chi connectivity index (χ4n) is 2.00. The van der Waals surface area contributed by atoms with Gasteiger partial charge in [0, 0.05) is 12.3 Å². The van der Waals surface area contributed by atoms with Crippen LogP contribution in [-0.4, -0.2) is 30.0 Å². The van der Waals surface area contributed by atoms with Gasteiger partial charge in [0.2, 0.25) is 0 Å². The van der Waals surface area contributed by atoms with Crippen LogP contribution in [0.5, 0.6) is 0 Å². The Kier molecular flexibility index (Phi) is 3.02. The maximum atomic E-state index is 12.8. The number of hydrogen-bond donors (Lipinski definition) is 1. The van der Waals surface area contributed by atoms with Gasteiger partial charge in [-0.2, -0.15) is 0 Å². The minimum absolute atomic E-state index is 0.0369. The van der Waals surface area contributed by atoms with E-state index in [2.05, 4.69) is 0 Å². The SMILES string of the molecule is CC1(CCO)COC(=O)N1c1ccc(F)cc1. The van der Waals surface area contributed by atoms with Crippen molar-refractivity contribution in [1.29, 1.82) is 0 Å². The van der Waals surface area contributed by atoms with E-state index in [-0.39, 0.29) is 19.0 Å². The molecule has 1 aliphatic heterocycles. The zero-order valence-corrected chi connectivity index (χ0v) is 9.52. The lowest BCUT2D eigenvalue weighted by molar-refractivity contribution is 0.167. The highest BCUT2D eigenvalue weighted by atomic mass is 19.1. The Labute approximate surface area is 98.6 Å². The van der Waals surface area contributed by atoms with Crippen LogP contribution in [0, 0.1) is 5.82 Å². The average molecular weight is 239 g/mol. The summed E-state index contributed by atoms with van der Waals surface area (Å²) in [7, 11) is 0. The normalized spacial score (nSPS) is 23.9. The number of carbonyl (C=O) groups excluding carboxylic acids is 1. The highest BCUT2D eigenvalue weighted by molar-refractivity contribution is 5.91. The standard InChI is InChI=1S/C12H14FNO3/c1-12(6-7-15)8-17-11(16)14(12)10-4-2-9(13)3-5-10/h2-5,15H,6-8H2,1H3. The Bertz CT molecular complexity index is 420. The van der Waals surface area contributed by atoms with Gasteiger partial charge in [-0.25, -0.2) is 9.18 Å². The van der Waals surface area contributed by atoms with Crippen LogP contribution in [0.15, 0.2) is 24.3 Å². The molecule has 1 heterocycles. The van der Waals surface area contributed by atoms with Crippen molar-refractivity contribution in [3.63, 3.8) is 0 Å². The maximum Gasteiger partial charge on any atom is 0.415 e. The average Bonchev–Trinajstić information content (AvgIpc) is 2.57. The van der Waals surface area contributed by atoms with Crippen LogP contribution in [-0.2, 0) is 4.74 Å². The van der Waals surface area contributed by atoms with Crippen molar-refractivity contribution in [2.24, 2.45) is 0 Å². The van der Waals surface area contributed by atoms with E-state index in [1.165, 1.54) is 29.2 Å². The van der Waals surface area contributed by atoms with Gasteiger partial charge in [0.25, 0.3) is 0 Å². The fraction of sp³-hybridized carbons (Fsp3) is 0.417. The predicted molar refractivity (Wildman–Crippen MR) is 60.3 cm³/mol. The van der Waals surface area contributed by atoms with Gasteiger partial charge in [0.05, 0.1) is 5.54 Å². The van der Waals surface area contributed by atoms with Crippen molar-refractivity contribution in [2.45, 2.75) is 18.9 Å². The van der Waals surface area contributed by atoms with E-state index in [9.17, 15) is 9.18 Å². The van der Waals surface area contributed by atoms with Gasteiger partial charge in [-0.1, -0.05) is 0 Å². The summed E-state index contributed by atoms with van der Waals surface area (Å²) in [4.78, 5) is 13.1. The number of aliphatic hydroxyl groups excluding tert-OH is 1. The highest BCUT2D eigenvalue weighted by Crippen LogP contribution is 2.32. The fourth-order valence-corrected chi connectivity index (χ4v) is 2.00. The third-order valence-corrected chi connectivity index (χ3v) is 2.96. The molecular formula is C12H14FNO3. The number of cyclic esters (lactones) is 1. The summed E-state index contributed by atoms with van der Waals surface area (Å²) in [6.45, 7) is 2.02. The number of nitrogens with zero attached hydrogens (tertiary/aromatic N) is 1. The van der Waals surface area contributed by atoms with E-state index in [1.54, 1.807) is 0 Å². The lowest BCUT2D eigenvalue weighted by atomic mass is 9.97. The third-order valence-electron chi connectivity index (χ3n) is 2.96. The molecule has 0 aliphatic carbocycles. The van der Waals surface area contributed by atoms with E-state index in [0.29, 0.717) is 12.1 Å². The zero-order chi connectivity index (χ0) is 12.5. The van der Waals surface area contributed by atoms with Gasteiger partial charge in [-0.3, -0.25) is 4.90 Å². The summed E-state index contributed by atoms with van der Waals surface area (Å²) in [5.41, 5.74) is -0.00576. The van der Waals surface area contributed by atoms with Crippen LogP contribution in [0.25, 0.3) is 0 Å². The molecule has 2 rings (SSSR count). The molecule has 1 fully saturated rings. The molecule has 1 unspecified atom stereocenters. The summed E-state index contributed by atoms with van der Waals surface area (Å²) < 4.78 is 17.8. The number of ether oxygens (including phenoxy) is 1. The minimum atomic E-state index is -0.580. The lowest BCUT2D eigenvalue weighted by Gasteiger charge is -2.31. The first-order chi connectivity index (χ1) is 8.07. The molecule has 0 radical (unpaired) electrons. The second-order valence-corrected chi connectivity index (χ2v) is 4.34. The van der Waals surface area contributed by atoms with Crippen molar-refractivity contribution < 1.29 is 19.0 Å². The smallest absolute Gasteiger partial charge is 0.415 e. The van der Waals surface area contributed by atoms with Gasteiger partial charge in [-0.15, -0.1) is 0 Å². The Hall–Kier alpha value is -1.62. The number of rotatable bonds is 3. The van der Waals surface area contributed by atoms with Crippen molar-refractivity contribution in [3.8, 4) is 0 Å².